The first-order valence-electron chi connectivity index (χ1n) is 5.93. The van der Waals surface area contributed by atoms with Gasteiger partial charge in [0.25, 0.3) is 0 Å². The van der Waals surface area contributed by atoms with Crippen molar-refractivity contribution in [3.63, 3.8) is 0 Å². The van der Waals surface area contributed by atoms with Crippen LogP contribution in [0.2, 0.25) is 5.02 Å². The number of nitrogens with one attached hydrogen (secondary N) is 1. The second-order valence-corrected chi connectivity index (χ2v) is 5.34. The minimum Gasteiger partial charge on any atom is -0.370 e. The van der Waals surface area contributed by atoms with Gasteiger partial charge in [0.15, 0.2) is 0 Å². The summed E-state index contributed by atoms with van der Waals surface area (Å²) < 4.78 is 13.1. The summed E-state index contributed by atoms with van der Waals surface area (Å²) in [5.41, 5.74) is 1.12. The Morgan fingerprint density at radius 3 is 2.88 bits per heavy atom. The van der Waals surface area contributed by atoms with E-state index in [0.717, 1.165) is 31.6 Å². The molecule has 0 aliphatic carbocycles. The zero-order valence-electron chi connectivity index (χ0n) is 10.3. The van der Waals surface area contributed by atoms with Crippen molar-refractivity contribution in [2.45, 2.75) is 25.3 Å². The fourth-order valence-corrected chi connectivity index (χ4v) is 2.52. The molecule has 2 nitrogen and oxygen atoms in total. The first-order valence-corrected chi connectivity index (χ1v) is 6.31. The smallest absolute Gasteiger partial charge is 0.141 e. The van der Waals surface area contributed by atoms with E-state index in [0.29, 0.717) is 0 Å². The SMILES string of the molecule is CNC1(C)CCCN(c2ccc(F)c(Cl)c2)C1. The van der Waals surface area contributed by atoms with E-state index >= 15 is 0 Å². The fourth-order valence-electron chi connectivity index (χ4n) is 2.35. The van der Waals surface area contributed by atoms with Gasteiger partial charge in [0.1, 0.15) is 5.82 Å². The van der Waals surface area contributed by atoms with Crippen LogP contribution in [0.15, 0.2) is 18.2 Å². The number of anilines is 1. The highest BCUT2D eigenvalue weighted by Gasteiger charge is 2.29. The largest absolute Gasteiger partial charge is 0.370 e. The summed E-state index contributed by atoms with van der Waals surface area (Å²) in [6.07, 6.45) is 2.29. The lowest BCUT2D eigenvalue weighted by atomic mass is 9.91. The number of likely N-dealkylation sites (N-methyl/N-ethyl adjacent to an activating group) is 1. The lowest BCUT2D eigenvalue weighted by Crippen LogP contribution is -2.53. The van der Waals surface area contributed by atoms with Crippen molar-refractivity contribution < 1.29 is 4.39 Å². The topological polar surface area (TPSA) is 15.3 Å². The Morgan fingerprint density at radius 2 is 2.24 bits per heavy atom. The third-order valence-electron chi connectivity index (χ3n) is 3.57. The second-order valence-electron chi connectivity index (χ2n) is 4.93. The summed E-state index contributed by atoms with van der Waals surface area (Å²) in [4.78, 5) is 2.26. The minimum absolute atomic E-state index is 0.124. The Kier molecular flexibility index (Phi) is 3.59. The quantitative estimate of drug-likeness (QED) is 0.875. The molecule has 2 rings (SSSR count). The number of piperidine rings is 1. The Morgan fingerprint density at radius 1 is 1.47 bits per heavy atom. The molecule has 1 saturated heterocycles. The van der Waals surface area contributed by atoms with Crippen LogP contribution in [-0.2, 0) is 0 Å². The van der Waals surface area contributed by atoms with Gasteiger partial charge in [-0.2, -0.15) is 0 Å². The maximum atomic E-state index is 13.1. The molecule has 1 aliphatic rings. The summed E-state index contributed by atoms with van der Waals surface area (Å²) in [5, 5.41) is 3.55. The molecule has 4 heteroatoms. The molecular formula is C13H18ClFN2. The van der Waals surface area contributed by atoms with Crippen molar-refractivity contribution in [1.82, 2.24) is 5.32 Å². The van der Waals surface area contributed by atoms with Crippen LogP contribution in [-0.4, -0.2) is 25.7 Å². The van der Waals surface area contributed by atoms with E-state index < -0.39 is 0 Å². The Balaban J connectivity index is 2.19. The molecule has 0 bridgehead atoms. The Hall–Kier alpha value is -0.800. The van der Waals surface area contributed by atoms with Gasteiger partial charge in [-0.05, 0) is 45.0 Å². The van der Waals surface area contributed by atoms with E-state index in [1.807, 2.05) is 7.05 Å². The van der Waals surface area contributed by atoms with Gasteiger partial charge in [-0.3, -0.25) is 0 Å². The molecule has 1 unspecified atom stereocenters. The Bertz CT molecular complexity index is 410. The molecule has 17 heavy (non-hydrogen) atoms. The van der Waals surface area contributed by atoms with Crippen LogP contribution in [0, 0.1) is 5.82 Å². The molecule has 1 heterocycles. The summed E-state index contributed by atoms with van der Waals surface area (Å²) in [7, 11) is 1.99. The number of halogens is 2. The molecule has 1 aromatic carbocycles. The highest BCUT2D eigenvalue weighted by atomic mass is 35.5. The Labute approximate surface area is 107 Å². The highest BCUT2D eigenvalue weighted by molar-refractivity contribution is 6.31. The maximum Gasteiger partial charge on any atom is 0.141 e. The number of nitrogens with zero attached hydrogens (tertiary/aromatic N) is 1. The highest BCUT2D eigenvalue weighted by Crippen LogP contribution is 2.28. The van der Waals surface area contributed by atoms with Crippen LogP contribution in [0.4, 0.5) is 10.1 Å². The number of hydrogen-bond donors (Lipinski definition) is 1. The van der Waals surface area contributed by atoms with Gasteiger partial charge in [-0.1, -0.05) is 11.6 Å². The van der Waals surface area contributed by atoms with Gasteiger partial charge in [0, 0.05) is 24.3 Å². The van der Waals surface area contributed by atoms with E-state index in [4.69, 9.17) is 11.6 Å². The van der Waals surface area contributed by atoms with E-state index in [-0.39, 0.29) is 16.4 Å². The third kappa shape index (κ3) is 2.72. The van der Waals surface area contributed by atoms with E-state index in [2.05, 4.69) is 17.1 Å². The molecule has 0 aromatic heterocycles. The summed E-state index contributed by atoms with van der Waals surface area (Å²) in [6.45, 7) is 4.13. The van der Waals surface area contributed by atoms with E-state index in [1.165, 1.54) is 6.07 Å². The predicted molar refractivity (Wildman–Crippen MR) is 70.3 cm³/mol. The van der Waals surface area contributed by atoms with E-state index in [9.17, 15) is 4.39 Å². The average Bonchev–Trinajstić information content (AvgIpc) is 2.33. The van der Waals surface area contributed by atoms with Crippen LogP contribution in [0.25, 0.3) is 0 Å². The van der Waals surface area contributed by atoms with Crippen molar-refractivity contribution in [3.8, 4) is 0 Å². The van der Waals surface area contributed by atoms with Crippen LogP contribution in [0.1, 0.15) is 19.8 Å². The summed E-state index contributed by atoms with van der Waals surface area (Å²) in [6, 6.07) is 4.93. The lowest BCUT2D eigenvalue weighted by molar-refractivity contribution is 0.316. The molecule has 0 spiro atoms. The molecule has 94 valence electrons. The summed E-state index contributed by atoms with van der Waals surface area (Å²) in [5.74, 6) is -0.358. The number of rotatable bonds is 2. The molecule has 1 aromatic rings. The summed E-state index contributed by atoms with van der Waals surface area (Å²) >= 11 is 5.82. The second kappa shape index (κ2) is 4.83. The standard InChI is InChI=1S/C13H18ClFN2/c1-13(16-2)6-3-7-17(9-13)10-4-5-12(15)11(14)8-10/h4-5,8,16H,3,6-7,9H2,1-2H3. The van der Waals surface area contributed by atoms with Gasteiger partial charge in [-0.25, -0.2) is 4.39 Å². The molecule has 1 N–H and O–H groups in total. The predicted octanol–water partition coefficient (Wildman–Crippen LogP) is 3.06. The first kappa shape index (κ1) is 12.7. The first-order chi connectivity index (χ1) is 8.04. The third-order valence-corrected chi connectivity index (χ3v) is 3.86. The number of hydrogen-bond acceptors (Lipinski definition) is 2. The van der Waals surface area contributed by atoms with Crippen LogP contribution in [0.5, 0.6) is 0 Å². The molecule has 1 atom stereocenters. The van der Waals surface area contributed by atoms with E-state index in [1.54, 1.807) is 12.1 Å². The molecule has 1 fully saturated rings. The van der Waals surface area contributed by atoms with Gasteiger partial charge < -0.3 is 10.2 Å². The van der Waals surface area contributed by atoms with Crippen LogP contribution >= 0.6 is 11.6 Å². The molecule has 0 radical (unpaired) electrons. The monoisotopic (exact) mass is 256 g/mol. The normalized spacial score (nSPS) is 25.1. The molecule has 0 saturated carbocycles. The van der Waals surface area contributed by atoms with Crippen molar-refractivity contribution in [2.24, 2.45) is 0 Å². The molecular weight excluding hydrogens is 239 g/mol. The number of benzene rings is 1. The zero-order valence-corrected chi connectivity index (χ0v) is 11.0. The zero-order chi connectivity index (χ0) is 12.5. The molecule has 0 amide bonds. The van der Waals surface area contributed by atoms with Gasteiger partial charge in [-0.15, -0.1) is 0 Å². The minimum atomic E-state index is -0.358. The van der Waals surface area contributed by atoms with Crippen molar-refractivity contribution in [3.05, 3.63) is 29.0 Å². The van der Waals surface area contributed by atoms with Gasteiger partial charge >= 0.3 is 0 Å². The van der Waals surface area contributed by atoms with Gasteiger partial charge in [0.2, 0.25) is 0 Å². The van der Waals surface area contributed by atoms with Crippen molar-refractivity contribution in [1.29, 1.82) is 0 Å². The van der Waals surface area contributed by atoms with Crippen LogP contribution < -0.4 is 10.2 Å². The van der Waals surface area contributed by atoms with Gasteiger partial charge in [0.05, 0.1) is 5.02 Å². The lowest BCUT2D eigenvalue weighted by Gasteiger charge is -2.41. The van der Waals surface area contributed by atoms with Crippen LogP contribution in [0.3, 0.4) is 0 Å². The van der Waals surface area contributed by atoms with Crippen molar-refractivity contribution >= 4 is 17.3 Å². The molecule has 1 aliphatic heterocycles. The van der Waals surface area contributed by atoms with Crippen molar-refractivity contribution in [2.75, 3.05) is 25.0 Å². The maximum absolute atomic E-state index is 13.1. The fraction of sp³-hybridized carbons (Fsp3) is 0.538. The average molecular weight is 257 g/mol.